The van der Waals surface area contributed by atoms with Crippen molar-refractivity contribution in [2.45, 2.75) is 13.8 Å². The van der Waals surface area contributed by atoms with Gasteiger partial charge in [-0.25, -0.2) is 4.79 Å². The van der Waals surface area contributed by atoms with Crippen LogP contribution in [-0.2, 0) is 4.74 Å². The van der Waals surface area contributed by atoms with E-state index in [-0.39, 0.29) is 5.97 Å². The van der Waals surface area contributed by atoms with Crippen molar-refractivity contribution in [1.82, 2.24) is 4.68 Å². The van der Waals surface area contributed by atoms with E-state index in [0.717, 1.165) is 27.4 Å². The Balaban J connectivity index is 2.41. The molecule has 2 N–H and O–H groups in total. The number of rotatable bonds is 2. The van der Waals surface area contributed by atoms with Gasteiger partial charge in [0, 0.05) is 10.8 Å². The molecule has 2 aromatic carbocycles. The van der Waals surface area contributed by atoms with Crippen LogP contribution in [0.5, 0.6) is 0 Å². The summed E-state index contributed by atoms with van der Waals surface area (Å²) in [6.07, 6.45) is 0. The Hall–Kier alpha value is -2.49. The number of carbonyl (C=O) groups is 1. The van der Waals surface area contributed by atoms with Crippen molar-refractivity contribution in [3.63, 3.8) is 0 Å². The van der Waals surface area contributed by atoms with Crippen LogP contribution in [0.25, 0.3) is 21.7 Å². The molecule has 0 saturated heterocycles. The predicted molar refractivity (Wildman–Crippen MR) is 80.3 cm³/mol. The molecule has 0 saturated carbocycles. The average Bonchev–Trinajstić information content (AvgIpc) is 2.71. The summed E-state index contributed by atoms with van der Waals surface area (Å²) < 4.78 is 6.71. The number of hydrogen-bond donors (Lipinski definition) is 1. The van der Waals surface area contributed by atoms with E-state index in [0.29, 0.717) is 12.2 Å². The van der Waals surface area contributed by atoms with Crippen LogP contribution in [-0.4, -0.2) is 17.3 Å². The number of benzene rings is 2. The fraction of sp³-hybridized carbons (Fsp3) is 0.188. The zero-order valence-electron chi connectivity index (χ0n) is 11.5. The predicted octanol–water partition coefficient (Wildman–Crippen LogP) is 2.99. The molecular formula is C16H16N2O2. The van der Waals surface area contributed by atoms with Gasteiger partial charge in [-0.3, -0.25) is 4.68 Å². The topological polar surface area (TPSA) is 57.2 Å². The second kappa shape index (κ2) is 4.56. The molecule has 4 nitrogen and oxygen atoms in total. The van der Waals surface area contributed by atoms with Crippen LogP contribution < -0.4 is 5.84 Å². The van der Waals surface area contributed by atoms with E-state index >= 15 is 0 Å². The Morgan fingerprint density at radius 3 is 2.70 bits per heavy atom. The standard InChI is InChI=1S/C16H16N2O2/c1-3-20-16(19)14-10(2)18(17)15-12-7-5-4-6-11(12)8-9-13(14)15/h4-9H,3,17H2,1-2H3. The molecule has 0 atom stereocenters. The van der Waals surface area contributed by atoms with Crippen LogP contribution in [0.3, 0.4) is 0 Å². The van der Waals surface area contributed by atoms with Crippen LogP contribution in [0.1, 0.15) is 23.0 Å². The fourth-order valence-corrected chi connectivity index (χ4v) is 2.66. The van der Waals surface area contributed by atoms with Crippen molar-refractivity contribution in [3.8, 4) is 0 Å². The Bertz CT molecular complexity index is 818. The number of esters is 1. The lowest BCUT2D eigenvalue weighted by atomic mass is 10.1. The third-order valence-electron chi connectivity index (χ3n) is 3.61. The van der Waals surface area contributed by atoms with Crippen molar-refractivity contribution < 1.29 is 9.53 Å². The van der Waals surface area contributed by atoms with Gasteiger partial charge in [0.15, 0.2) is 0 Å². The highest BCUT2D eigenvalue weighted by molar-refractivity contribution is 6.14. The summed E-state index contributed by atoms with van der Waals surface area (Å²) in [5.41, 5.74) is 2.13. The molecule has 0 aliphatic rings. The maximum atomic E-state index is 12.1. The highest BCUT2D eigenvalue weighted by Gasteiger charge is 2.21. The number of fused-ring (bicyclic) bond motifs is 3. The van der Waals surface area contributed by atoms with Gasteiger partial charge in [-0.05, 0) is 19.2 Å². The number of nitrogens with zero attached hydrogens (tertiary/aromatic N) is 1. The van der Waals surface area contributed by atoms with E-state index in [1.807, 2.05) is 43.3 Å². The van der Waals surface area contributed by atoms with Crippen LogP contribution >= 0.6 is 0 Å². The summed E-state index contributed by atoms with van der Waals surface area (Å²) in [6, 6.07) is 11.9. The van der Waals surface area contributed by atoms with E-state index < -0.39 is 0 Å². The van der Waals surface area contributed by atoms with Crippen molar-refractivity contribution in [2.75, 3.05) is 12.4 Å². The Morgan fingerprint density at radius 2 is 1.95 bits per heavy atom. The molecule has 3 rings (SSSR count). The van der Waals surface area contributed by atoms with Gasteiger partial charge in [0.1, 0.15) is 0 Å². The zero-order chi connectivity index (χ0) is 14.3. The minimum atomic E-state index is -0.325. The Kier molecular flexibility index (Phi) is 2.86. The minimum Gasteiger partial charge on any atom is -0.462 e. The molecule has 20 heavy (non-hydrogen) atoms. The molecule has 1 heterocycles. The quantitative estimate of drug-likeness (QED) is 0.574. The first-order valence-electron chi connectivity index (χ1n) is 6.60. The van der Waals surface area contributed by atoms with Crippen molar-refractivity contribution in [1.29, 1.82) is 0 Å². The van der Waals surface area contributed by atoms with Gasteiger partial charge >= 0.3 is 5.97 Å². The first-order valence-corrected chi connectivity index (χ1v) is 6.60. The zero-order valence-corrected chi connectivity index (χ0v) is 11.5. The Labute approximate surface area is 116 Å². The summed E-state index contributed by atoms with van der Waals surface area (Å²) in [5, 5.41) is 2.97. The molecule has 102 valence electrons. The van der Waals surface area contributed by atoms with Gasteiger partial charge in [0.05, 0.1) is 23.4 Å². The van der Waals surface area contributed by atoms with E-state index in [4.69, 9.17) is 10.6 Å². The summed E-state index contributed by atoms with van der Waals surface area (Å²) >= 11 is 0. The molecule has 4 heteroatoms. The highest BCUT2D eigenvalue weighted by atomic mass is 16.5. The highest BCUT2D eigenvalue weighted by Crippen LogP contribution is 2.31. The molecule has 0 bridgehead atoms. The van der Waals surface area contributed by atoms with E-state index in [9.17, 15) is 4.79 Å². The number of ether oxygens (including phenoxy) is 1. The number of aromatic nitrogens is 1. The molecule has 3 aromatic rings. The third-order valence-corrected chi connectivity index (χ3v) is 3.61. The molecule has 0 unspecified atom stereocenters. The first-order chi connectivity index (χ1) is 9.65. The third kappa shape index (κ3) is 1.65. The van der Waals surface area contributed by atoms with Crippen molar-refractivity contribution in [2.24, 2.45) is 0 Å². The van der Waals surface area contributed by atoms with Gasteiger partial charge in [-0.2, -0.15) is 0 Å². The van der Waals surface area contributed by atoms with Gasteiger partial charge < -0.3 is 10.6 Å². The van der Waals surface area contributed by atoms with Gasteiger partial charge in [0.25, 0.3) is 0 Å². The van der Waals surface area contributed by atoms with Crippen LogP contribution in [0.15, 0.2) is 36.4 Å². The maximum absolute atomic E-state index is 12.1. The number of hydrogen-bond acceptors (Lipinski definition) is 3. The van der Waals surface area contributed by atoms with Gasteiger partial charge in [-0.15, -0.1) is 0 Å². The fourth-order valence-electron chi connectivity index (χ4n) is 2.66. The summed E-state index contributed by atoms with van der Waals surface area (Å²) in [7, 11) is 0. The van der Waals surface area contributed by atoms with E-state index in [1.54, 1.807) is 11.6 Å². The number of nitrogen functional groups attached to an aromatic ring is 1. The van der Waals surface area contributed by atoms with Gasteiger partial charge in [-0.1, -0.05) is 36.4 Å². The maximum Gasteiger partial charge on any atom is 0.340 e. The smallest absolute Gasteiger partial charge is 0.340 e. The molecule has 0 radical (unpaired) electrons. The lowest BCUT2D eigenvalue weighted by molar-refractivity contribution is 0.0527. The monoisotopic (exact) mass is 268 g/mol. The molecule has 0 amide bonds. The van der Waals surface area contributed by atoms with Crippen LogP contribution in [0.4, 0.5) is 0 Å². The molecular weight excluding hydrogens is 252 g/mol. The lowest BCUT2D eigenvalue weighted by Gasteiger charge is -2.03. The molecule has 0 fully saturated rings. The van der Waals surface area contributed by atoms with E-state index in [1.165, 1.54) is 0 Å². The largest absolute Gasteiger partial charge is 0.462 e. The number of carbonyl (C=O) groups excluding carboxylic acids is 1. The number of nitrogens with two attached hydrogens (primary N) is 1. The van der Waals surface area contributed by atoms with Crippen molar-refractivity contribution >= 4 is 27.6 Å². The SMILES string of the molecule is CCOC(=O)c1c(C)n(N)c2c1ccc1ccccc12. The van der Waals surface area contributed by atoms with E-state index in [2.05, 4.69) is 0 Å². The van der Waals surface area contributed by atoms with Crippen LogP contribution in [0.2, 0.25) is 0 Å². The minimum absolute atomic E-state index is 0.325. The lowest BCUT2D eigenvalue weighted by Crippen LogP contribution is -2.12. The second-order valence-electron chi connectivity index (χ2n) is 4.73. The summed E-state index contributed by atoms with van der Waals surface area (Å²) in [5.74, 6) is 5.82. The molecule has 1 aromatic heterocycles. The summed E-state index contributed by atoms with van der Waals surface area (Å²) in [6.45, 7) is 3.98. The normalized spacial score (nSPS) is 11.1. The van der Waals surface area contributed by atoms with Crippen molar-refractivity contribution in [3.05, 3.63) is 47.7 Å². The molecule has 0 aliphatic heterocycles. The molecule has 0 spiro atoms. The summed E-state index contributed by atoms with van der Waals surface area (Å²) in [4.78, 5) is 12.1. The molecule has 0 aliphatic carbocycles. The first kappa shape index (κ1) is 12.5. The average molecular weight is 268 g/mol. The van der Waals surface area contributed by atoms with Gasteiger partial charge in [0.2, 0.25) is 0 Å². The van der Waals surface area contributed by atoms with Crippen LogP contribution in [0, 0.1) is 6.92 Å². The Morgan fingerprint density at radius 1 is 1.20 bits per heavy atom. The second-order valence-corrected chi connectivity index (χ2v) is 4.73.